The Morgan fingerprint density at radius 1 is 0.767 bits per heavy atom. The van der Waals surface area contributed by atoms with Gasteiger partial charge in [-0.15, -0.1) is 0 Å². The fourth-order valence-corrected chi connectivity index (χ4v) is 4.51. The maximum Gasteiger partial charge on any atom is 0.283 e. The minimum absolute atomic E-state index is 0.146. The fourth-order valence-electron chi connectivity index (χ4n) is 3.28. The molecule has 0 aliphatic carbocycles. The van der Waals surface area contributed by atoms with Crippen molar-refractivity contribution in [2.24, 2.45) is 4.40 Å². The van der Waals surface area contributed by atoms with Gasteiger partial charge in [-0.05, 0) is 36.4 Å². The first kappa shape index (κ1) is 19.7. The molecule has 0 saturated heterocycles. The van der Waals surface area contributed by atoms with Crippen molar-refractivity contribution in [3.8, 4) is 0 Å². The summed E-state index contributed by atoms with van der Waals surface area (Å²) in [5, 5.41) is 1.46. The Hall–Kier alpha value is -3.58. The van der Waals surface area contributed by atoms with Crippen molar-refractivity contribution in [1.29, 1.82) is 0 Å². The van der Waals surface area contributed by atoms with Crippen LogP contribution >= 0.6 is 0 Å². The summed E-state index contributed by atoms with van der Waals surface area (Å²) in [6.45, 7) is 0. The largest absolute Gasteiger partial charge is 0.377 e. The third-order valence-corrected chi connectivity index (χ3v) is 5.98. The maximum absolute atomic E-state index is 13.4. The van der Waals surface area contributed by atoms with Gasteiger partial charge in [-0.25, -0.2) is 0 Å². The zero-order chi connectivity index (χ0) is 21.1. The number of benzene rings is 2. The molecule has 0 atom stereocenters. The number of rotatable bonds is 5. The van der Waals surface area contributed by atoms with Crippen LogP contribution in [0.4, 0.5) is 5.69 Å². The monoisotopic (exact) mass is 416 g/mol. The van der Waals surface area contributed by atoms with Gasteiger partial charge < -0.3 is 4.90 Å². The molecule has 30 heavy (non-hydrogen) atoms. The average Bonchev–Trinajstić information content (AvgIpc) is 2.77. The second kappa shape index (κ2) is 8.04. The van der Waals surface area contributed by atoms with Gasteiger partial charge in [-0.1, -0.05) is 36.4 Å². The highest BCUT2D eigenvalue weighted by molar-refractivity contribution is 7.90. The van der Waals surface area contributed by atoms with Crippen LogP contribution in [0.5, 0.6) is 0 Å². The molecule has 0 N–H and O–H groups in total. The molecule has 2 heterocycles. The van der Waals surface area contributed by atoms with E-state index in [0.717, 1.165) is 11.1 Å². The van der Waals surface area contributed by atoms with Crippen molar-refractivity contribution in [2.45, 2.75) is 4.90 Å². The normalized spacial score (nSPS) is 11.3. The van der Waals surface area contributed by atoms with Crippen LogP contribution in [0, 0.1) is 0 Å². The molecule has 2 aromatic carbocycles. The quantitative estimate of drug-likeness (QED) is 0.461. The molecule has 0 spiro atoms. The minimum Gasteiger partial charge on any atom is -0.377 e. The van der Waals surface area contributed by atoms with Crippen LogP contribution in [0.2, 0.25) is 0 Å². The number of hydrogen-bond acceptors (Lipinski definition) is 5. The maximum atomic E-state index is 13.4. The Morgan fingerprint density at radius 3 is 1.93 bits per heavy atom. The summed E-state index contributed by atoms with van der Waals surface area (Å²) >= 11 is 0. The zero-order valence-corrected chi connectivity index (χ0v) is 17.4. The number of aromatic nitrogens is 2. The lowest BCUT2D eigenvalue weighted by Gasteiger charge is -2.16. The average molecular weight is 417 g/mol. The van der Waals surface area contributed by atoms with E-state index in [1.54, 1.807) is 67.0 Å². The van der Waals surface area contributed by atoms with E-state index >= 15 is 0 Å². The summed E-state index contributed by atoms with van der Waals surface area (Å²) in [7, 11) is -0.186. The van der Waals surface area contributed by atoms with E-state index in [9.17, 15) is 8.42 Å². The standard InChI is InChI=1S/C23H20N4O2S/c1-27(2)21-13-7-10-18-17(21)9-8-14-22(18)30(28,29)26-23(19-11-3-5-15-24-19)20-12-4-6-16-25-20/h3-16H,1-2H3. The van der Waals surface area contributed by atoms with E-state index in [4.69, 9.17) is 0 Å². The number of anilines is 1. The fraction of sp³-hybridized carbons (Fsp3) is 0.0870. The highest BCUT2D eigenvalue weighted by Gasteiger charge is 2.21. The third kappa shape index (κ3) is 3.79. The van der Waals surface area contributed by atoms with Gasteiger partial charge in [0.1, 0.15) is 5.71 Å². The van der Waals surface area contributed by atoms with Crippen LogP contribution in [0.3, 0.4) is 0 Å². The Labute approximate surface area is 175 Å². The first-order valence-corrected chi connectivity index (χ1v) is 10.8. The molecule has 4 aromatic rings. The summed E-state index contributed by atoms with van der Waals surface area (Å²) in [6.07, 6.45) is 3.20. The molecule has 150 valence electrons. The van der Waals surface area contributed by atoms with Crippen molar-refractivity contribution < 1.29 is 8.42 Å². The molecule has 0 amide bonds. The second-order valence-electron chi connectivity index (χ2n) is 6.87. The van der Waals surface area contributed by atoms with Crippen molar-refractivity contribution in [3.63, 3.8) is 0 Å². The molecule has 2 aromatic heterocycles. The van der Waals surface area contributed by atoms with Crippen LogP contribution in [0.1, 0.15) is 11.4 Å². The lowest BCUT2D eigenvalue weighted by Crippen LogP contribution is -2.12. The smallest absolute Gasteiger partial charge is 0.283 e. The van der Waals surface area contributed by atoms with Gasteiger partial charge in [-0.2, -0.15) is 12.8 Å². The molecule has 0 saturated carbocycles. The van der Waals surface area contributed by atoms with Gasteiger partial charge in [0.15, 0.2) is 0 Å². The van der Waals surface area contributed by atoms with E-state index < -0.39 is 10.0 Å². The van der Waals surface area contributed by atoms with Gasteiger partial charge in [0.25, 0.3) is 10.0 Å². The van der Waals surface area contributed by atoms with Crippen LogP contribution in [-0.4, -0.2) is 38.2 Å². The number of nitrogens with zero attached hydrogens (tertiary/aromatic N) is 4. The van der Waals surface area contributed by atoms with Crippen molar-refractivity contribution in [1.82, 2.24) is 9.97 Å². The summed E-state index contributed by atoms with van der Waals surface area (Å²) in [5.41, 5.74) is 2.02. The van der Waals surface area contributed by atoms with Gasteiger partial charge in [0.05, 0.1) is 16.3 Å². The SMILES string of the molecule is CN(C)c1cccc2c(S(=O)(=O)N=C(c3ccccn3)c3ccccn3)cccc12. The Kier molecular flexibility index (Phi) is 5.29. The van der Waals surface area contributed by atoms with E-state index in [-0.39, 0.29) is 10.6 Å². The van der Waals surface area contributed by atoms with Crippen molar-refractivity contribution >= 4 is 32.2 Å². The van der Waals surface area contributed by atoms with E-state index in [2.05, 4.69) is 14.4 Å². The Bertz CT molecular complexity index is 1280. The second-order valence-corrected chi connectivity index (χ2v) is 8.44. The molecule has 7 heteroatoms. The van der Waals surface area contributed by atoms with Crippen LogP contribution in [-0.2, 0) is 10.0 Å². The van der Waals surface area contributed by atoms with Crippen LogP contribution < -0.4 is 4.90 Å². The van der Waals surface area contributed by atoms with Gasteiger partial charge >= 0.3 is 0 Å². The number of pyridine rings is 2. The number of sulfonamides is 1. The third-order valence-electron chi connectivity index (χ3n) is 4.65. The summed E-state index contributed by atoms with van der Waals surface area (Å²) in [6, 6.07) is 21.4. The highest BCUT2D eigenvalue weighted by atomic mass is 32.2. The molecule has 0 unspecified atom stereocenters. The summed E-state index contributed by atoms with van der Waals surface area (Å²) in [5.74, 6) is 0. The van der Waals surface area contributed by atoms with Gasteiger partial charge in [0, 0.05) is 42.9 Å². The number of fused-ring (bicyclic) bond motifs is 1. The van der Waals surface area contributed by atoms with Crippen LogP contribution in [0.15, 0.2) is 94.5 Å². The lowest BCUT2D eigenvalue weighted by atomic mass is 10.1. The van der Waals surface area contributed by atoms with E-state index in [0.29, 0.717) is 16.8 Å². The molecule has 6 nitrogen and oxygen atoms in total. The highest BCUT2D eigenvalue weighted by Crippen LogP contribution is 2.31. The molecular weight excluding hydrogens is 396 g/mol. The lowest BCUT2D eigenvalue weighted by molar-refractivity contribution is 0.599. The predicted molar refractivity (Wildman–Crippen MR) is 120 cm³/mol. The predicted octanol–water partition coefficient (Wildman–Crippen LogP) is 3.92. The topological polar surface area (TPSA) is 75.5 Å². The van der Waals surface area contributed by atoms with Gasteiger partial charge in [0.2, 0.25) is 0 Å². The molecule has 4 rings (SSSR count). The zero-order valence-electron chi connectivity index (χ0n) is 16.6. The Balaban J connectivity index is 1.95. The minimum atomic E-state index is -4.04. The first-order chi connectivity index (χ1) is 14.5. The molecule has 0 fully saturated rings. The summed E-state index contributed by atoms with van der Waals surface area (Å²) < 4.78 is 31.0. The molecular formula is C23H20N4O2S. The Morgan fingerprint density at radius 2 is 1.37 bits per heavy atom. The first-order valence-electron chi connectivity index (χ1n) is 9.34. The number of hydrogen-bond donors (Lipinski definition) is 0. The molecule has 0 radical (unpaired) electrons. The van der Waals surface area contributed by atoms with Gasteiger partial charge in [-0.3, -0.25) is 9.97 Å². The molecule has 0 bridgehead atoms. The molecule has 0 aliphatic rings. The van der Waals surface area contributed by atoms with Crippen LogP contribution in [0.25, 0.3) is 10.8 Å². The van der Waals surface area contributed by atoms with Crippen molar-refractivity contribution in [3.05, 3.63) is 96.6 Å². The van der Waals surface area contributed by atoms with Crippen molar-refractivity contribution in [2.75, 3.05) is 19.0 Å². The summed E-state index contributed by atoms with van der Waals surface area (Å²) in [4.78, 5) is 10.7. The van der Waals surface area contributed by atoms with E-state index in [1.807, 2.05) is 37.2 Å². The molecule has 0 aliphatic heterocycles. The van der Waals surface area contributed by atoms with E-state index in [1.165, 1.54) is 0 Å².